The third-order valence-electron chi connectivity index (χ3n) is 5.55. The first-order valence-electron chi connectivity index (χ1n) is 8.29. The van der Waals surface area contributed by atoms with Crippen LogP contribution in [0.2, 0.25) is 0 Å². The van der Waals surface area contributed by atoms with E-state index in [0.717, 1.165) is 25.7 Å². The van der Waals surface area contributed by atoms with Crippen molar-refractivity contribution >= 4 is 11.8 Å². The Balaban J connectivity index is 1.82. The summed E-state index contributed by atoms with van der Waals surface area (Å²) in [7, 11) is 3.45. The van der Waals surface area contributed by atoms with Gasteiger partial charge in [0.05, 0.1) is 17.7 Å². The maximum atomic E-state index is 12.9. The van der Waals surface area contributed by atoms with Crippen molar-refractivity contribution in [3.05, 3.63) is 35.4 Å². The highest BCUT2D eigenvalue weighted by Gasteiger charge is 2.52. The van der Waals surface area contributed by atoms with E-state index < -0.39 is 5.91 Å². The van der Waals surface area contributed by atoms with E-state index in [1.807, 2.05) is 4.90 Å². The van der Waals surface area contributed by atoms with Gasteiger partial charge >= 0.3 is 0 Å². The molecular formula is C18H24N2O4. The van der Waals surface area contributed by atoms with Crippen LogP contribution in [0.1, 0.15) is 46.4 Å². The average molecular weight is 332 g/mol. The van der Waals surface area contributed by atoms with E-state index in [1.165, 1.54) is 0 Å². The van der Waals surface area contributed by atoms with Crippen molar-refractivity contribution in [3.63, 3.8) is 0 Å². The number of hydrogen-bond acceptors (Lipinski definition) is 4. The van der Waals surface area contributed by atoms with Crippen molar-refractivity contribution < 1.29 is 19.1 Å². The van der Waals surface area contributed by atoms with E-state index in [1.54, 1.807) is 38.5 Å². The van der Waals surface area contributed by atoms with Crippen LogP contribution in [0.15, 0.2) is 24.3 Å². The van der Waals surface area contributed by atoms with E-state index in [9.17, 15) is 9.59 Å². The van der Waals surface area contributed by atoms with Crippen LogP contribution in [0, 0.1) is 0 Å². The number of benzene rings is 1. The van der Waals surface area contributed by atoms with Crippen LogP contribution in [0.5, 0.6) is 0 Å². The Kier molecular flexibility index (Phi) is 4.60. The molecule has 24 heavy (non-hydrogen) atoms. The molecule has 3 rings (SSSR count). The summed E-state index contributed by atoms with van der Waals surface area (Å²) in [5, 5.41) is 0. The van der Waals surface area contributed by atoms with Gasteiger partial charge in [-0.15, -0.1) is 0 Å². The second-order valence-corrected chi connectivity index (χ2v) is 6.61. The second kappa shape index (κ2) is 6.53. The number of carbonyl (C=O) groups excluding carboxylic acids is 2. The standard InChI is InChI=1S/C18H24N2O4/c1-23-14-7-8-18(24-2)9-10-20(15(18)11-14)17(22)13-5-3-12(4-6-13)16(19)21/h3-6,14-15H,7-11H2,1-2H3,(H2,19,21)/t14-,15+,18-/m1/s1. The van der Waals surface area contributed by atoms with Gasteiger partial charge in [0.1, 0.15) is 0 Å². The maximum absolute atomic E-state index is 12.9. The lowest BCUT2D eigenvalue weighted by Crippen LogP contribution is -2.53. The quantitative estimate of drug-likeness (QED) is 0.908. The van der Waals surface area contributed by atoms with Crippen molar-refractivity contribution in [2.75, 3.05) is 20.8 Å². The molecule has 0 radical (unpaired) electrons. The molecule has 2 N–H and O–H groups in total. The van der Waals surface area contributed by atoms with E-state index in [4.69, 9.17) is 15.2 Å². The Morgan fingerprint density at radius 3 is 2.42 bits per heavy atom. The van der Waals surface area contributed by atoms with Crippen molar-refractivity contribution in [1.29, 1.82) is 0 Å². The number of hydrogen-bond donors (Lipinski definition) is 1. The summed E-state index contributed by atoms with van der Waals surface area (Å²) in [6, 6.07) is 6.52. The number of rotatable bonds is 4. The summed E-state index contributed by atoms with van der Waals surface area (Å²) in [4.78, 5) is 26.0. The van der Waals surface area contributed by atoms with Gasteiger partial charge in [0.15, 0.2) is 0 Å². The summed E-state index contributed by atoms with van der Waals surface area (Å²) in [6.07, 6.45) is 3.64. The normalized spacial score (nSPS) is 29.3. The van der Waals surface area contributed by atoms with Gasteiger partial charge in [-0.25, -0.2) is 0 Å². The molecule has 2 fully saturated rings. The molecular weight excluding hydrogens is 308 g/mol. The fourth-order valence-corrected chi connectivity index (χ4v) is 4.06. The highest BCUT2D eigenvalue weighted by atomic mass is 16.5. The number of amides is 2. The lowest BCUT2D eigenvalue weighted by Gasteiger charge is -2.43. The van der Waals surface area contributed by atoms with Crippen LogP contribution in [-0.2, 0) is 9.47 Å². The number of ether oxygens (including phenoxy) is 2. The lowest BCUT2D eigenvalue weighted by atomic mass is 9.79. The SMILES string of the molecule is CO[C@@H]1CC[C@@]2(OC)CCN(C(=O)c3ccc(C(N)=O)cc3)[C@H]2C1. The van der Waals surface area contributed by atoms with Crippen LogP contribution in [0.3, 0.4) is 0 Å². The predicted molar refractivity (Wildman–Crippen MR) is 88.8 cm³/mol. The third kappa shape index (κ3) is 2.80. The maximum Gasteiger partial charge on any atom is 0.254 e. The summed E-state index contributed by atoms with van der Waals surface area (Å²) >= 11 is 0. The van der Waals surface area contributed by atoms with Crippen LogP contribution in [-0.4, -0.2) is 55.2 Å². The molecule has 2 amide bonds. The first-order valence-corrected chi connectivity index (χ1v) is 8.29. The zero-order valence-electron chi connectivity index (χ0n) is 14.2. The molecule has 0 spiro atoms. The van der Waals surface area contributed by atoms with Crippen molar-refractivity contribution in [1.82, 2.24) is 4.90 Å². The zero-order chi connectivity index (χ0) is 17.3. The van der Waals surface area contributed by atoms with Gasteiger partial charge in [-0.3, -0.25) is 9.59 Å². The Morgan fingerprint density at radius 1 is 1.17 bits per heavy atom. The molecule has 6 heteroatoms. The number of nitrogens with zero attached hydrogens (tertiary/aromatic N) is 1. The van der Waals surface area contributed by atoms with Gasteiger partial charge < -0.3 is 20.1 Å². The first kappa shape index (κ1) is 16.9. The molecule has 1 aromatic rings. The fourth-order valence-electron chi connectivity index (χ4n) is 4.06. The van der Waals surface area contributed by atoms with Gasteiger partial charge in [0, 0.05) is 31.9 Å². The molecule has 1 heterocycles. The average Bonchev–Trinajstić information content (AvgIpc) is 3.00. The van der Waals surface area contributed by atoms with E-state index in [-0.39, 0.29) is 23.7 Å². The minimum atomic E-state index is -0.496. The van der Waals surface area contributed by atoms with Crippen LogP contribution < -0.4 is 5.73 Å². The van der Waals surface area contributed by atoms with E-state index in [2.05, 4.69) is 0 Å². The molecule has 1 aromatic carbocycles. The van der Waals surface area contributed by atoms with Gasteiger partial charge in [-0.2, -0.15) is 0 Å². The monoisotopic (exact) mass is 332 g/mol. The van der Waals surface area contributed by atoms with Crippen LogP contribution >= 0.6 is 0 Å². The zero-order valence-corrected chi connectivity index (χ0v) is 14.2. The third-order valence-corrected chi connectivity index (χ3v) is 5.55. The van der Waals surface area contributed by atoms with Gasteiger partial charge in [-0.1, -0.05) is 0 Å². The second-order valence-electron chi connectivity index (χ2n) is 6.61. The molecule has 0 bridgehead atoms. The number of primary amides is 1. The van der Waals surface area contributed by atoms with Crippen LogP contribution in [0.25, 0.3) is 0 Å². The highest BCUT2D eigenvalue weighted by Crippen LogP contribution is 2.43. The van der Waals surface area contributed by atoms with Crippen LogP contribution in [0.4, 0.5) is 0 Å². The summed E-state index contributed by atoms with van der Waals surface area (Å²) in [5.74, 6) is -0.532. The predicted octanol–water partition coefficient (Wildman–Crippen LogP) is 1.58. The Hall–Kier alpha value is -1.92. The Morgan fingerprint density at radius 2 is 1.83 bits per heavy atom. The summed E-state index contributed by atoms with van der Waals surface area (Å²) < 4.78 is 11.4. The Labute approximate surface area is 141 Å². The molecule has 1 saturated carbocycles. The summed E-state index contributed by atoms with van der Waals surface area (Å²) in [6.45, 7) is 0.672. The van der Waals surface area contributed by atoms with E-state index >= 15 is 0 Å². The molecule has 1 saturated heterocycles. The van der Waals surface area contributed by atoms with E-state index in [0.29, 0.717) is 17.7 Å². The molecule has 130 valence electrons. The number of methoxy groups -OCH3 is 2. The van der Waals surface area contributed by atoms with Gasteiger partial charge in [-0.05, 0) is 49.9 Å². The molecule has 6 nitrogen and oxygen atoms in total. The molecule has 0 unspecified atom stereocenters. The van der Waals surface area contributed by atoms with Crippen molar-refractivity contribution in [2.24, 2.45) is 5.73 Å². The molecule has 1 aliphatic carbocycles. The fraction of sp³-hybridized carbons (Fsp3) is 0.556. The molecule has 3 atom stereocenters. The molecule has 2 aliphatic rings. The Bertz CT molecular complexity index is 630. The number of nitrogens with two attached hydrogens (primary N) is 1. The topological polar surface area (TPSA) is 81.9 Å². The molecule has 1 aliphatic heterocycles. The largest absolute Gasteiger partial charge is 0.381 e. The highest BCUT2D eigenvalue weighted by molar-refractivity contribution is 5.97. The van der Waals surface area contributed by atoms with Gasteiger partial charge in [0.25, 0.3) is 5.91 Å². The van der Waals surface area contributed by atoms with Gasteiger partial charge in [0.2, 0.25) is 5.91 Å². The smallest absolute Gasteiger partial charge is 0.254 e. The summed E-state index contributed by atoms with van der Waals surface area (Å²) in [5.41, 5.74) is 5.95. The number of likely N-dealkylation sites (tertiary alicyclic amines) is 1. The molecule has 0 aromatic heterocycles. The van der Waals surface area contributed by atoms with Crippen molar-refractivity contribution in [2.45, 2.75) is 43.4 Å². The lowest BCUT2D eigenvalue weighted by molar-refractivity contribution is -0.0893. The minimum absolute atomic E-state index is 0.0181. The first-order chi connectivity index (χ1) is 11.5. The number of fused-ring (bicyclic) bond motifs is 1. The minimum Gasteiger partial charge on any atom is -0.381 e. The van der Waals surface area contributed by atoms with Crippen molar-refractivity contribution in [3.8, 4) is 0 Å². The number of carbonyl (C=O) groups is 2.